The van der Waals surface area contributed by atoms with Crippen LogP contribution < -0.4 is 0 Å². The number of benzene rings is 1. The topological polar surface area (TPSA) is 55.6 Å². The molecule has 1 aromatic carbocycles. The molecule has 2 aromatic heterocycles. The van der Waals surface area contributed by atoms with E-state index >= 15 is 0 Å². The van der Waals surface area contributed by atoms with Gasteiger partial charge in [-0.05, 0) is 43.2 Å². The summed E-state index contributed by atoms with van der Waals surface area (Å²) in [6, 6.07) is 12.0. The number of carbonyl (C=O) groups excluding carboxylic acids is 1. The Morgan fingerprint density at radius 2 is 1.96 bits per heavy atom. The van der Waals surface area contributed by atoms with Crippen molar-refractivity contribution in [1.29, 1.82) is 0 Å². The van der Waals surface area contributed by atoms with Crippen LogP contribution in [0.3, 0.4) is 0 Å². The maximum atomic E-state index is 13.3. The minimum Gasteiger partial charge on any atom is -0.369 e. The third-order valence-electron chi connectivity index (χ3n) is 5.89. The van der Waals surface area contributed by atoms with Gasteiger partial charge in [-0.1, -0.05) is 35.5 Å². The average molecular weight is 394 g/mol. The van der Waals surface area contributed by atoms with E-state index in [1.54, 1.807) is 18.3 Å². The van der Waals surface area contributed by atoms with Gasteiger partial charge in [0.25, 0.3) is 5.91 Å². The zero-order valence-corrected chi connectivity index (χ0v) is 16.6. The van der Waals surface area contributed by atoms with Crippen molar-refractivity contribution >= 4 is 17.2 Å². The lowest BCUT2D eigenvalue weighted by Gasteiger charge is -2.43. The zero-order chi connectivity index (χ0) is 19.1. The molecule has 5 nitrogen and oxygen atoms in total. The van der Waals surface area contributed by atoms with E-state index in [0.717, 1.165) is 31.4 Å². The van der Waals surface area contributed by atoms with Crippen LogP contribution in [0.2, 0.25) is 0 Å². The number of piperidine rings is 1. The Kier molecular flexibility index (Phi) is 4.33. The van der Waals surface area contributed by atoms with E-state index in [-0.39, 0.29) is 11.5 Å². The predicted molar refractivity (Wildman–Crippen MR) is 107 cm³/mol. The van der Waals surface area contributed by atoms with Gasteiger partial charge in [0.15, 0.2) is 0 Å². The fourth-order valence-corrected chi connectivity index (χ4v) is 5.54. The van der Waals surface area contributed by atoms with Gasteiger partial charge in [-0.2, -0.15) is 0 Å². The summed E-state index contributed by atoms with van der Waals surface area (Å²) in [7, 11) is 0. The molecule has 0 radical (unpaired) electrons. The number of fused-ring (bicyclic) bond motifs is 2. The lowest BCUT2D eigenvalue weighted by molar-refractivity contribution is -0.0906. The van der Waals surface area contributed by atoms with Crippen LogP contribution >= 0.6 is 11.3 Å². The van der Waals surface area contributed by atoms with Crippen LogP contribution in [-0.2, 0) is 16.8 Å². The highest BCUT2D eigenvalue weighted by atomic mass is 32.1. The third-order valence-corrected chi connectivity index (χ3v) is 7.03. The minimum atomic E-state index is -0.218. The van der Waals surface area contributed by atoms with E-state index in [1.807, 2.05) is 35.2 Å². The summed E-state index contributed by atoms with van der Waals surface area (Å²) in [5.74, 6) is 0.563. The average Bonchev–Trinajstić information content (AvgIpc) is 3.36. The van der Waals surface area contributed by atoms with Crippen molar-refractivity contribution in [2.45, 2.75) is 31.8 Å². The van der Waals surface area contributed by atoms with E-state index in [4.69, 9.17) is 9.26 Å². The van der Waals surface area contributed by atoms with E-state index in [9.17, 15) is 4.79 Å². The molecular formula is C22H22N2O3S. The molecule has 0 saturated carbocycles. The Hall–Kier alpha value is -2.44. The number of nitrogens with zero attached hydrogens (tertiary/aromatic N) is 2. The molecule has 144 valence electrons. The Labute approximate surface area is 167 Å². The van der Waals surface area contributed by atoms with Crippen LogP contribution in [0.15, 0.2) is 46.3 Å². The molecule has 0 aliphatic carbocycles. The second-order valence-electron chi connectivity index (χ2n) is 7.49. The monoisotopic (exact) mass is 394 g/mol. The normalized spacial score (nSPS) is 18.2. The largest absolute Gasteiger partial charge is 0.369 e. The van der Waals surface area contributed by atoms with Gasteiger partial charge in [0.2, 0.25) is 0 Å². The number of amides is 1. The van der Waals surface area contributed by atoms with Crippen molar-refractivity contribution in [3.8, 4) is 11.3 Å². The molecule has 3 aromatic rings. The van der Waals surface area contributed by atoms with Gasteiger partial charge in [-0.15, -0.1) is 11.3 Å². The molecule has 4 heterocycles. The molecule has 2 aliphatic heterocycles. The highest BCUT2D eigenvalue weighted by molar-refractivity contribution is 7.10. The quantitative estimate of drug-likeness (QED) is 0.646. The number of rotatable bonds is 2. The first kappa shape index (κ1) is 17.6. The van der Waals surface area contributed by atoms with Crippen molar-refractivity contribution in [1.82, 2.24) is 10.1 Å². The van der Waals surface area contributed by atoms with Crippen molar-refractivity contribution in [2.24, 2.45) is 0 Å². The van der Waals surface area contributed by atoms with Gasteiger partial charge in [-0.25, -0.2) is 0 Å². The standard InChI is InChI=1S/C22H22N2O3S/c1-15-18(19(23-27-15)16-5-3-2-4-6-16)21(25)24-11-9-22(10-12-24)20-17(7-13-26-22)8-14-28-20/h2-6,8,14H,7,9-13H2,1H3. The Morgan fingerprint density at radius 3 is 2.75 bits per heavy atom. The Bertz CT molecular complexity index is 1000. The molecule has 2 aliphatic rings. The summed E-state index contributed by atoms with van der Waals surface area (Å²) in [5, 5.41) is 6.32. The number of ether oxygens (including phenoxy) is 1. The summed E-state index contributed by atoms with van der Waals surface area (Å²) in [5.41, 5.74) is 3.29. The zero-order valence-electron chi connectivity index (χ0n) is 15.8. The lowest BCUT2D eigenvalue weighted by atomic mass is 9.85. The van der Waals surface area contributed by atoms with E-state index in [1.165, 1.54) is 10.4 Å². The van der Waals surface area contributed by atoms with Crippen LogP contribution in [0.1, 0.15) is 39.4 Å². The van der Waals surface area contributed by atoms with Crippen LogP contribution in [-0.4, -0.2) is 35.7 Å². The molecule has 1 amide bonds. The molecule has 0 N–H and O–H groups in total. The van der Waals surface area contributed by atoms with Crippen LogP contribution in [0.4, 0.5) is 0 Å². The van der Waals surface area contributed by atoms with Crippen molar-refractivity contribution < 1.29 is 14.1 Å². The van der Waals surface area contributed by atoms with Gasteiger partial charge in [-0.3, -0.25) is 4.79 Å². The number of likely N-dealkylation sites (tertiary alicyclic amines) is 1. The summed E-state index contributed by atoms with van der Waals surface area (Å²) in [4.78, 5) is 16.6. The number of carbonyl (C=O) groups is 1. The van der Waals surface area contributed by atoms with Gasteiger partial charge in [0.05, 0.1) is 6.61 Å². The first-order valence-corrected chi connectivity index (χ1v) is 10.6. The van der Waals surface area contributed by atoms with E-state index in [2.05, 4.69) is 16.6 Å². The Balaban J connectivity index is 1.39. The number of hydrogen-bond donors (Lipinski definition) is 0. The predicted octanol–water partition coefficient (Wildman–Crippen LogP) is 4.42. The first-order chi connectivity index (χ1) is 13.7. The maximum absolute atomic E-state index is 13.3. The van der Waals surface area contributed by atoms with Crippen LogP contribution in [0, 0.1) is 6.92 Å². The van der Waals surface area contributed by atoms with Crippen LogP contribution in [0.25, 0.3) is 11.3 Å². The second-order valence-corrected chi connectivity index (χ2v) is 8.40. The summed E-state index contributed by atoms with van der Waals surface area (Å²) < 4.78 is 11.7. The van der Waals surface area contributed by atoms with Crippen molar-refractivity contribution in [3.05, 3.63) is 63.5 Å². The summed E-state index contributed by atoms with van der Waals surface area (Å²) >= 11 is 1.79. The molecule has 5 rings (SSSR count). The molecule has 0 bridgehead atoms. The molecule has 0 atom stereocenters. The number of aryl methyl sites for hydroxylation is 1. The third kappa shape index (κ3) is 2.79. The molecule has 0 unspecified atom stereocenters. The molecule has 1 saturated heterocycles. The van der Waals surface area contributed by atoms with Crippen molar-refractivity contribution in [3.63, 3.8) is 0 Å². The number of thiophene rings is 1. The molecule has 1 spiro atoms. The van der Waals surface area contributed by atoms with Crippen molar-refractivity contribution in [2.75, 3.05) is 19.7 Å². The van der Waals surface area contributed by atoms with E-state index < -0.39 is 0 Å². The smallest absolute Gasteiger partial charge is 0.259 e. The van der Waals surface area contributed by atoms with Gasteiger partial charge < -0.3 is 14.2 Å². The summed E-state index contributed by atoms with van der Waals surface area (Å²) in [6.07, 6.45) is 2.65. The molecule has 6 heteroatoms. The summed E-state index contributed by atoms with van der Waals surface area (Å²) in [6.45, 7) is 3.92. The van der Waals surface area contributed by atoms with Gasteiger partial charge in [0, 0.05) is 23.5 Å². The fraction of sp³-hybridized carbons (Fsp3) is 0.364. The van der Waals surface area contributed by atoms with Gasteiger partial charge >= 0.3 is 0 Å². The molecule has 28 heavy (non-hydrogen) atoms. The second kappa shape index (κ2) is 6.87. The first-order valence-electron chi connectivity index (χ1n) is 9.70. The number of hydrogen-bond acceptors (Lipinski definition) is 5. The number of aromatic nitrogens is 1. The molecule has 1 fully saturated rings. The van der Waals surface area contributed by atoms with E-state index in [0.29, 0.717) is 30.1 Å². The van der Waals surface area contributed by atoms with Crippen LogP contribution in [0.5, 0.6) is 0 Å². The highest BCUT2D eigenvalue weighted by Gasteiger charge is 2.43. The maximum Gasteiger partial charge on any atom is 0.259 e. The minimum absolute atomic E-state index is 0.00494. The Morgan fingerprint density at radius 1 is 1.18 bits per heavy atom. The van der Waals surface area contributed by atoms with Gasteiger partial charge in [0.1, 0.15) is 22.6 Å². The highest BCUT2D eigenvalue weighted by Crippen LogP contribution is 2.44. The SMILES string of the molecule is Cc1onc(-c2ccccc2)c1C(=O)N1CCC2(CC1)OCCc1ccsc12. The fourth-order valence-electron chi connectivity index (χ4n) is 4.37. The lowest BCUT2D eigenvalue weighted by Crippen LogP contribution is -2.48. The molecular weight excluding hydrogens is 372 g/mol.